The zero-order valence-corrected chi connectivity index (χ0v) is 17.8. The molecule has 0 aromatic heterocycles. The summed E-state index contributed by atoms with van der Waals surface area (Å²) in [5.41, 5.74) is 4.23. The number of carbonyl (C=O) groups is 3. The molecule has 1 unspecified atom stereocenters. The predicted octanol–water partition coefficient (Wildman–Crippen LogP) is 4.74. The van der Waals surface area contributed by atoms with Gasteiger partial charge in [0, 0.05) is 34.6 Å². The smallest absolute Gasteiger partial charge is 0.209 e. The minimum absolute atomic E-state index is 0.112. The van der Waals surface area contributed by atoms with E-state index in [1.54, 1.807) is 38.3 Å². The van der Waals surface area contributed by atoms with Crippen LogP contribution in [-0.2, 0) is 4.79 Å². The first-order valence-electron chi connectivity index (χ1n) is 10.4. The number of hydroxylamine groups is 1. The molecule has 1 atom stereocenters. The van der Waals surface area contributed by atoms with Crippen LogP contribution in [0.3, 0.4) is 0 Å². The van der Waals surface area contributed by atoms with Gasteiger partial charge in [-0.1, -0.05) is 49.2 Å². The van der Waals surface area contributed by atoms with E-state index in [1.807, 2.05) is 24.3 Å². The number of unbranched alkanes of at least 4 members (excludes halogenated alkanes) is 2. The van der Waals surface area contributed by atoms with E-state index >= 15 is 0 Å². The molecule has 3 rings (SSSR count). The van der Waals surface area contributed by atoms with Gasteiger partial charge >= 0.3 is 0 Å². The van der Waals surface area contributed by atoms with Gasteiger partial charge in [0.15, 0.2) is 11.6 Å². The molecule has 0 fully saturated rings. The summed E-state index contributed by atoms with van der Waals surface area (Å²) in [6, 6.07) is 14.5. The molecular formula is C25H26NO5-. The van der Waals surface area contributed by atoms with Crippen molar-refractivity contribution >= 4 is 17.5 Å². The highest BCUT2D eigenvalue weighted by atomic mass is 16.5. The Bertz CT molecular complexity index is 1010. The fraction of sp³-hybridized carbons (Fsp3) is 0.320. The Morgan fingerprint density at radius 1 is 0.968 bits per heavy atom. The molecule has 6 nitrogen and oxygen atoms in total. The zero-order valence-electron chi connectivity index (χ0n) is 17.8. The van der Waals surface area contributed by atoms with E-state index in [4.69, 9.17) is 4.74 Å². The fourth-order valence-electron chi connectivity index (χ4n) is 4.11. The van der Waals surface area contributed by atoms with Crippen LogP contribution in [0.4, 0.5) is 0 Å². The van der Waals surface area contributed by atoms with Crippen molar-refractivity contribution < 1.29 is 19.1 Å². The Hall–Kier alpha value is -3.25. The highest BCUT2D eigenvalue weighted by Crippen LogP contribution is 2.38. The number of methoxy groups -OCH3 is 1. The highest BCUT2D eigenvalue weighted by molar-refractivity contribution is 6.27. The van der Waals surface area contributed by atoms with Crippen molar-refractivity contribution in [2.45, 2.75) is 44.9 Å². The molecule has 1 aliphatic carbocycles. The minimum atomic E-state index is -0.519. The summed E-state index contributed by atoms with van der Waals surface area (Å²) >= 11 is 0. The molecule has 0 bridgehead atoms. The van der Waals surface area contributed by atoms with Crippen LogP contribution < -0.4 is 10.2 Å². The Morgan fingerprint density at radius 3 is 2.23 bits per heavy atom. The normalized spacial score (nSPS) is 14.3. The molecule has 0 saturated heterocycles. The average Bonchev–Trinajstić information content (AvgIpc) is 2.81. The van der Waals surface area contributed by atoms with E-state index in [-0.39, 0.29) is 23.9 Å². The molecule has 6 heteroatoms. The number of rotatable bonds is 9. The van der Waals surface area contributed by atoms with Crippen molar-refractivity contribution in [1.82, 2.24) is 5.48 Å². The second-order valence-electron chi connectivity index (χ2n) is 7.69. The Morgan fingerprint density at radius 2 is 1.61 bits per heavy atom. The number of Topliss-reactive ketones (excluding diaryl/α,β-unsaturated/α-hetero) is 2. The molecular weight excluding hydrogens is 394 g/mol. The van der Waals surface area contributed by atoms with Crippen LogP contribution in [-0.4, -0.2) is 24.6 Å². The summed E-state index contributed by atoms with van der Waals surface area (Å²) < 4.78 is 5.25. The van der Waals surface area contributed by atoms with Gasteiger partial charge in [-0.15, -0.1) is 0 Å². The van der Waals surface area contributed by atoms with E-state index in [9.17, 15) is 19.6 Å². The van der Waals surface area contributed by atoms with Crippen molar-refractivity contribution in [2.24, 2.45) is 0 Å². The molecule has 1 amide bonds. The minimum Gasteiger partial charge on any atom is -0.759 e. The molecule has 0 heterocycles. The Labute approximate surface area is 181 Å². The van der Waals surface area contributed by atoms with Gasteiger partial charge in [-0.3, -0.25) is 14.4 Å². The molecule has 162 valence electrons. The lowest BCUT2D eigenvalue weighted by Crippen LogP contribution is -2.24. The van der Waals surface area contributed by atoms with Gasteiger partial charge in [0.2, 0.25) is 5.91 Å². The van der Waals surface area contributed by atoms with E-state index in [2.05, 4.69) is 0 Å². The molecule has 31 heavy (non-hydrogen) atoms. The number of ether oxygens (including phenoxy) is 1. The largest absolute Gasteiger partial charge is 0.759 e. The maximum atomic E-state index is 13.4. The number of hydrogen-bond acceptors (Lipinski definition) is 5. The monoisotopic (exact) mass is 420 g/mol. The third kappa shape index (κ3) is 4.91. The number of fused-ring (bicyclic) bond motifs is 1. The van der Waals surface area contributed by atoms with Crippen molar-refractivity contribution in [3.05, 3.63) is 81.6 Å². The first-order chi connectivity index (χ1) is 15.0. The standard InChI is InChI=1S/C25H26NO5/c1-16-23(25(29)21-10-7-6-9-20(21)24(16)28)19(8-4-3-5-11-22(27)26-30)17-12-14-18(31-2)15-13-17/h6-7,9-10,12-15,19H,3-5,8,11H2,1-2H3,(H-,26,27,28,29,30)/q-1. The molecule has 0 radical (unpaired) electrons. The van der Waals surface area contributed by atoms with Crippen molar-refractivity contribution in [1.29, 1.82) is 0 Å². The lowest BCUT2D eigenvalue weighted by Gasteiger charge is -2.26. The predicted molar refractivity (Wildman–Crippen MR) is 118 cm³/mol. The topological polar surface area (TPSA) is 95.5 Å². The summed E-state index contributed by atoms with van der Waals surface area (Å²) in [7, 11) is 1.59. The van der Waals surface area contributed by atoms with E-state index in [0.29, 0.717) is 40.9 Å². The van der Waals surface area contributed by atoms with Crippen LogP contribution in [0.2, 0.25) is 0 Å². The maximum absolute atomic E-state index is 13.4. The number of allylic oxidation sites excluding steroid dienone is 2. The first-order valence-corrected chi connectivity index (χ1v) is 10.4. The maximum Gasteiger partial charge on any atom is 0.209 e. The van der Waals surface area contributed by atoms with Crippen LogP contribution in [0.5, 0.6) is 5.75 Å². The second kappa shape index (κ2) is 10.2. The first kappa shape index (κ1) is 22.4. The van der Waals surface area contributed by atoms with Gasteiger partial charge in [-0.05, 0) is 37.5 Å². The lowest BCUT2D eigenvalue weighted by atomic mass is 9.75. The molecule has 2 aromatic carbocycles. The molecule has 0 aliphatic heterocycles. The average molecular weight is 420 g/mol. The Balaban J connectivity index is 1.90. The summed E-state index contributed by atoms with van der Waals surface area (Å²) in [6.45, 7) is 1.72. The number of nitrogens with one attached hydrogen (secondary N) is 1. The van der Waals surface area contributed by atoms with E-state index in [1.165, 1.54) is 5.48 Å². The van der Waals surface area contributed by atoms with Crippen molar-refractivity contribution in [3.63, 3.8) is 0 Å². The third-order valence-electron chi connectivity index (χ3n) is 5.78. The van der Waals surface area contributed by atoms with Crippen LogP contribution in [0, 0.1) is 5.21 Å². The van der Waals surface area contributed by atoms with Crippen molar-refractivity contribution in [2.75, 3.05) is 7.11 Å². The number of benzene rings is 2. The second-order valence-corrected chi connectivity index (χ2v) is 7.69. The van der Waals surface area contributed by atoms with Gasteiger partial charge in [0.1, 0.15) is 5.75 Å². The third-order valence-corrected chi connectivity index (χ3v) is 5.78. The van der Waals surface area contributed by atoms with Crippen LogP contribution in [0.1, 0.15) is 71.2 Å². The number of carbonyl (C=O) groups excluding carboxylic acids is 3. The molecule has 0 saturated carbocycles. The van der Waals surface area contributed by atoms with Gasteiger partial charge < -0.3 is 15.4 Å². The molecule has 1 N–H and O–H groups in total. The number of ketones is 2. The van der Waals surface area contributed by atoms with Crippen molar-refractivity contribution in [3.8, 4) is 5.75 Å². The van der Waals surface area contributed by atoms with Gasteiger partial charge in [0.25, 0.3) is 0 Å². The van der Waals surface area contributed by atoms with Gasteiger partial charge in [0.05, 0.1) is 7.11 Å². The highest BCUT2D eigenvalue weighted by Gasteiger charge is 2.34. The van der Waals surface area contributed by atoms with Crippen LogP contribution in [0.15, 0.2) is 59.7 Å². The quantitative estimate of drug-likeness (QED) is 0.467. The van der Waals surface area contributed by atoms with Gasteiger partial charge in [-0.25, -0.2) is 0 Å². The molecule has 2 aromatic rings. The van der Waals surface area contributed by atoms with Crippen LogP contribution in [0.25, 0.3) is 0 Å². The summed E-state index contributed by atoms with van der Waals surface area (Å²) in [6.07, 6.45) is 2.92. The lowest BCUT2D eigenvalue weighted by molar-refractivity contribution is -0.120. The van der Waals surface area contributed by atoms with Crippen LogP contribution >= 0.6 is 0 Å². The Kier molecular flexibility index (Phi) is 7.36. The number of amides is 1. The zero-order chi connectivity index (χ0) is 22.4. The summed E-state index contributed by atoms with van der Waals surface area (Å²) in [4.78, 5) is 37.5. The molecule has 0 spiro atoms. The summed E-state index contributed by atoms with van der Waals surface area (Å²) in [5, 5.41) is 10.4. The van der Waals surface area contributed by atoms with E-state index < -0.39 is 5.91 Å². The van der Waals surface area contributed by atoms with E-state index in [0.717, 1.165) is 18.4 Å². The SMILES string of the molecule is COc1ccc(C(CCCCCC(=O)N[O-])C2=C(C)C(=O)c3ccccc3C2=O)cc1. The fourth-order valence-corrected chi connectivity index (χ4v) is 4.11. The number of hydrogen-bond donors (Lipinski definition) is 1. The molecule has 1 aliphatic rings. The summed E-state index contributed by atoms with van der Waals surface area (Å²) in [5.74, 6) is -0.276. The van der Waals surface area contributed by atoms with Gasteiger partial charge in [-0.2, -0.15) is 0 Å².